The van der Waals surface area contributed by atoms with E-state index >= 15 is 0 Å². The molecule has 2 amide bonds. The molecule has 4 rings (SSSR count). The first-order valence-corrected chi connectivity index (χ1v) is 12.6. The Morgan fingerprint density at radius 1 is 0.805 bits per heavy atom. The minimum atomic E-state index is -0.689. The number of ether oxygens (including phenoxy) is 1. The lowest BCUT2D eigenvalue weighted by atomic mass is 10.1. The number of carbonyl (C=O) groups excluding carboxylic acids is 3. The minimum absolute atomic E-state index is 0.00761. The van der Waals surface area contributed by atoms with Gasteiger partial charge in [-0.3, -0.25) is 9.59 Å². The standard InChI is InChI=1S/C32H27FN4O4/c1-37(2)27-15-11-22(12-16-27)19-29(35-30(38)24-7-4-3-5-8-24)31(39)36-34-21-23-13-17-28(18-14-23)41-32(40)25-9-6-10-26(33)20-25/h3-21H,1-2H3,(H,35,38)(H,36,39)/b29-19-,34-21+. The largest absolute Gasteiger partial charge is 0.423 e. The molecule has 0 aliphatic heterocycles. The Morgan fingerprint density at radius 3 is 2.12 bits per heavy atom. The fraction of sp³-hybridized carbons (Fsp3) is 0.0625. The molecule has 0 aliphatic rings. The number of hydrogen-bond acceptors (Lipinski definition) is 6. The molecule has 0 heterocycles. The second-order valence-electron chi connectivity index (χ2n) is 9.03. The molecule has 4 aromatic carbocycles. The van der Waals surface area contributed by atoms with E-state index in [9.17, 15) is 18.8 Å². The van der Waals surface area contributed by atoms with E-state index in [2.05, 4.69) is 15.8 Å². The predicted molar refractivity (Wildman–Crippen MR) is 156 cm³/mol. The Kier molecular flexibility index (Phi) is 9.35. The summed E-state index contributed by atoms with van der Waals surface area (Å²) >= 11 is 0. The first kappa shape index (κ1) is 28.4. The molecule has 9 heteroatoms. The van der Waals surface area contributed by atoms with Gasteiger partial charge in [-0.15, -0.1) is 0 Å². The topological polar surface area (TPSA) is 100 Å². The Labute approximate surface area is 236 Å². The van der Waals surface area contributed by atoms with Crippen LogP contribution >= 0.6 is 0 Å². The maximum atomic E-state index is 13.4. The second-order valence-corrected chi connectivity index (χ2v) is 9.03. The Bertz CT molecular complexity index is 1580. The number of benzene rings is 4. The molecule has 0 aliphatic carbocycles. The van der Waals surface area contributed by atoms with Crippen molar-refractivity contribution in [1.29, 1.82) is 0 Å². The molecule has 4 aromatic rings. The van der Waals surface area contributed by atoms with Crippen LogP contribution in [0.15, 0.2) is 114 Å². The maximum absolute atomic E-state index is 13.4. The predicted octanol–water partition coefficient (Wildman–Crippen LogP) is 5.03. The van der Waals surface area contributed by atoms with Crippen molar-refractivity contribution in [3.63, 3.8) is 0 Å². The zero-order valence-corrected chi connectivity index (χ0v) is 22.4. The average Bonchev–Trinajstić information content (AvgIpc) is 2.98. The number of hydrogen-bond donors (Lipinski definition) is 2. The second kappa shape index (κ2) is 13.5. The number of hydrazone groups is 1. The summed E-state index contributed by atoms with van der Waals surface area (Å²) in [6.45, 7) is 0. The summed E-state index contributed by atoms with van der Waals surface area (Å²) in [5.41, 5.74) is 5.23. The third-order valence-corrected chi connectivity index (χ3v) is 5.78. The quantitative estimate of drug-likeness (QED) is 0.100. The number of esters is 1. The molecular formula is C32H27FN4O4. The molecule has 2 N–H and O–H groups in total. The molecule has 0 atom stereocenters. The summed E-state index contributed by atoms with van der Waals surface area (Å²) in [6, 6.07) is 27.6. The number of rotatable bonds is 9. The van der Waals surface area contributed by atoms with Crippen LogP contribution < -0.4 is 20.4 Å². The van der Waals surface area contributed by atoms with Crippen molar-refractivity contribution in [3.8, 4) is 5.75 Å². The van der Waals surface area contributed by atoms with Crippen LogP contribution in [0.4, 0.5) is 10.1 Å². The van der Waals surface area contributed by atoms with Crippen LogP contribution in [-0.2, 0) is 4.79 Å². The van der Waals surface area contributed by atoms with Crippen molar-refractivity contribution in [1.82, 2.24) is 10.7 Å². The van der Waals surface area contributed by atoms with Crippen LogP contribution in [0.25, 0.3) is 6.08 Å². The van der Waals surface area contributed by atoms with Gasteiger partial charge in [0.1, 0.15) is 17.3 Å². The van der Waals surface area contributed by atoms with Crippen molar-refractivity contribution in [2.75, 3.05) is 19.0 Å². The highest BCUT2D eigenvalue weighted by atomic mass is 19.1. The zero-order valence-electron chi connectivity index (χ0n) is 22.4. The van der Waals surface area contributed by atoms with Crippen molar-refractivity contribution >= 4 is 35.8 Å². The first-order valence-electron chi connectivity index (χ1n) is 12.6. The molecule has 41 heavy (non-hydrogen) atoms. The summed E-state index contributed by atoms with van der Waals surface area (Å²) < 4.78 is 18.6. The fourth-order valence-electron chi connectivity index (χ4n) is 3.61. The van der Waals surface area contributed by atoms with Crippen molar-refractivity contribution in [3.05, 3.63) is 137 Å². The third-order valence-electron chi connectivity index (χ3n) is 5.78. The molecule has 0 saturated heterocycles. The van der Waals surface area contributed by atoms with Crippen molar-refractivity contribution in [2.24, 2.45) is 5.10 Å². The highest BCUT2D eigenvalue weighted by Gasteiger charge is 2.14. The average molecular weight is 551 g/mol. The van der Waals surface area contributed by atoms with Crippen molar-refractivity contribution in [2.45, 2.75) is 0 Å². The van der Waals surface area contributed by atoms with E-state index in [1.807, 2.05) is 43.3 Å². The van der Waals surface area contributed by atoms with Gasteiger partial charge in [0.05, 0.1) is 11.8 Å². The van der Waals surface area contributed by atoms with Crippen molar-refractivity contribution < 1.29 is 23.5 Å². The Morgan fingerprint density at radius 2 is 1.46 bits per heavy atom. The SMILES string of the molecule is CN(C)c1ccc(/C=C(\NC(=O)c2ccccc2)C(=O)N/N=C/c2ccc(OC(=O)c3cccc(F)c3)cc2)cc1. The van der Waals surface area contributed by atoms with Gasteiger partial charge in [0.25, 0.3) is 11.8 Å². The summed E-state index contributed by atoms with van der Waals surface area (Å²) in [4.78, 5) is 39.9. The number of nitrogens with zero attached hydrogens (tertiary/aromatic N) is 2. The Balaban J connectivity index is 1.43. The zero-order chi connectivity index (χ0) is 29.2. The number of nitrogens with one attached hydrogen (secondary N) is 2. The normalized spacial score (nSPS) is 11.1. The van der Waals surface area contributed by atoms with Crippen LogP contribution in [0.5, 0.6) is 5.75 Å². The lowest BCUT2D eigenvalue weighted by Crippen LogP contribution is -2.32. The van der Waals surface area contributed by atoms with Gasteiger partial charge >= 0.3 is 5.97 Å². The highest BCUT2D eigenvalue weighted by Crippen LogP contribution is 2.16. The van der Waals surface area contributed by atoms with E-state index in [0.29, 0.717) is 16.7 Å². The van der Waals surface area contributed by atoms with E-state index in [1.165, 1.54) is 24.4 Å². The lowest BCUT2D eigenvalue weighted by molar-refractivity contribution is -0.117. The van der Waals surface area contributed by atoms with Gasteiger partial charge in [0, 0.05) is 25.3 Å². The van der Waals surface area contributed by atoms with E-state index in [-0.39, 0.29) is 17.0 Å². The highest BCUT2D eigenvalue weighted by molar-refractivity contribution is 6.05. The Hall–Kier alpha value is -5.57. The van der Waals surface area contributed by atoms with Gasteiger partial charge in [-0.25, -0.2) is 14.6 Å². The molecule has 0 unspecified atom stereocenters. The van der Waals surface area contributed by atoms with Crippen LogP contribution in [0.3, 0.4) is 0 Å². The number of halogens is 1. The van der Waals surface area contributed by atoms with Gasteiger partial charge in [0.15, 0.2) is 0 Å². The number of anilines is 1. The summed E-state index contributed by atoms with van der Waals surface area (Å²) in [5.74, 6) is -2.03. The summed E-state index contributed by atoms with van der Waals surface area (Å²) in [5, 5.41) is 6.66. The molecule has 0 radical (unpaired) electrons. The fourth-order valence-corrected chi connectivity index (χ4v) is 3.61. The molecule has 206 valence electrons. The van der Waals surface area contributed by atoms with Crippen LogP contribution in [0, 0.1) is 5.82 Å². The van der Waals surface area contributed by atoms with Crippen LogP contribution in [0.1, 0.15) is 31.8 Å². The van der Waals surface area contributed by atoms with E-state index < -0.39 is 23.6 Å². The summed E-state index contributed by atoms with van der Waals surface area (Å²) in [7, 11) is 3.85. The maximum Gasteiger partial charge on any atom is 0.343 e. The molecule has 8 nitrogen and oxygen atoms in total. The number of amides is 2. The molecule has 0 bridgehead atoms. The molecular weight excluding hydrogens is 523 g/mol. The van der Waals surface area contributed by atoms with Gasteiger partial charge in [-0.05, 0) is 83.9 Å². The van der Waals surface area contributed by atoms with E-state index in [4.69, 9.17) is 4.74 Å². The van der Waals surface area contributed by atoms with Gasteiger partial charge in [-0.1, -0.05) is 36.4 Å². The van der Waals surface area contributed by atoms with Crippen LogP contribution in [0.2, 0.25) is 0 Å². The smallest absolute Gasteiger partial charge is 0.343 e. The van der Waals surface area contributed by atoms with Gasteiger partial charge < -0.3 is 15.0 Å². The molecule has 0 spiro atoms. The molecule has 0 fully saturated rings. The minimum Gasteiger partial charge on any atom is -0.423 e. The van der Waals surface area contributed by atoms with Crippen LogP contribution in [-0.4, -0.2) is 38.1 Å². The third kappa shape index (κ3) is 8.21. The van der Waals surface area contributed by atoms with E-state index in [1.54, 1.807) is 60.7 Å². The molecule has 0 saturated carbocycles. The summed E-state index contributed by atoms with van der Waals surface area (Å²) in [6.07, 6.45) is 2.96. The van der Waals surface area contributed by atoms with Gasteiger partial charge in [-0.2, -0.15) is 5.10 Å². The molecule has 0 aromatic heterocycles. The van der Waals surface area contributed by atoms with Gasteiger partial charge in [0.2, 0.25) is 0 Å². The van der Waals surface area contributed by atoms with E-state index in [0.717, 1.165) is 11.8 Å². The number of carbonyl (C=O) groups is 3. The monoisotopic (exact) mass is 550 g/mol. The first-order chi connectivity index (χ1) is 19.8. The lowest BCUT2D eigenvalue weighted by Gasteiger charge is -2.12.